The van der Waals surface area contributed by atoms with Gasteiger partial charge in [-0.2, -0.15) is 0 Å². The zero-order chi connectivity index (χ0) is 19.1. The predicted molar refractivity (Wildman–Crippen MR) is 115 cm³/mol. The number of hydrogen-bond donors (Lipinski definition) is 1. The van der Waals surface area contributed by atoms with Crippen LogP contribution in [-0.4, -0.2) is 42.7 Å². The quantitative estimate of drug-likeness (QED) is 0.551. The van der Waals surface area contributed by atoms with E-state index in [2.05, 4.69) is 41.6 Å². The molecular formula is C21H30ClN3OS. The second-order valence-electron chi connectivity index (χ2n) is 7.02. The van der Waals surface area contributed by atoms with Gasteiger partial charge in [-0.1, -0.05) is 37.6 Å². The molecule has 0 bridgehead atoms. The van der Waals surface area contributed by atoms with Crippen molar-refractivity contribution >= 4 is 28.1 Å². The molecule has 148 valence electrons. The zero-order valence-electron chi connectivity index (χ0n) is 16.3. The van der Waals surface area contributed by atoms with Gasteiger partial charge in [0.25, 0.3) is 0 Å². The molecule has 3 rings (SSSR count). The number of thiazole rings is 1. The summed E-state index contributed by atoms with van der Waals surface area (Å²) in [5, 5.41) is 7.41. The number of halogens is 1. The summed E-state index contributed by atoms with van der Waals surface area (Å²) in [6.07, 6.45) is 3.21. The van der Waals surface area contributed by atoms with Crippen molar-refractivity contribution in [3.63, 3.8) is 0 Å². The van der Waals surface area contributed by atoms with Crippen LogP contribution in [0.4, 0.5) is 5.13 Å². The van der Waals surface area contributed by atoms with Gasteiger partial charge in [-0.3, -0.25) is 0 Å². The minimum Gasteiger partial charge on any atom is -0.372 e. The molecule has 1 aromatic carbocycles. The minimum atomic E-state index is 0.0743. The summed E-state index contributed by atoms with van der Waals surface area (Å²) in [7, 11) is 0. The summed E-state index contributed by atoms with van der Waals surface area (Å²) in [6, 6.07) is 8.22. The van der Waals surface area contributed by atoms with E-state index in [0.29, 0.717) is 5.92 Å². The lowest BCUT2D eigenvalue weighted by Gasteiger charge is -2.29. The topological polar surface area (TPSA) is 37.4 Å². The van der Waals surface area contributed by atoms with Crippen LogP contribution in [0.3, 0.4) is 0 Å². The molecule has 6 heteroatoms. The highest BCUT2D eigenvalue weighted by Crippen LogP contribution is 2.38. The van der Waals surface area contributed by atoms with E-state index in [-0.39, 0.29) is 6.10 Å². The van der Waals surface area contributed by atoms with Crippen molar-refractivity contribution in [1.29, 1.82) is 0 Å². The fraction of sp³-hybridized carbons (Fsp3) is 0.571. The molecule has 0 amide bonds. The number of anilines is 1. The van der Waals surface area contributed by atoms with Gasteiger partial charge in [0.15, 0.2) is 5.13 Å². The van der Waals surface area contributed by atoms with Gasteiger partial charge >= 0.3 is 0 Å². The molecule has 27 heavy (non-hydrogen) atoms. The summed E-state index contributed by atoms with van der Waals surface area (Å²) in [5.74, 6) is 0.481. The highest BCUT2D eigenvalue weighted by molar-refractivity contribution is 7.13. The monoisotopic (exact) mass is 407 g/mol. The van der Waals surface area contributed by atoms with Gasteiger partial charge in [-0.05, 0) is 62.5 Å². The van der Waals surface area contributed by atoms with E-state index in [4.69, 9.17) is 21.3 Å². The van der Waals surface area contributed by atoms with Crippen molar-refractivity contribution in [1.82, 2.24) is 9.88 Å². The Hall–Kier alpha value is -1.14. The van der Waals surface area contributed by atoms with E-state index in [1.54, 1.807) is 11.3 Å². The Morgan fingerprint density at radius 2 is 2.19 bits per heavy atom. The molecule has 0 spiro atoms. The molecule has 1 aliphatic heterocycles. The Kier molecular flexibility index (Phi) is 7.94. The molecule has 0 aliphatic carbocycles. The first-order valence-electron chi connectivity index (χ1n) is 9.98. The molecule has 2 unspecified atom stereocenters. The summed E-state index contributed by atoms with van der Waals surface area (Å²) >= 11 is 7.84. The van der Waals surface area contributed by atoms with Crippen LogP contribution in [0.15, 0.2) is 29.6 Å². The molecule has 1 saturated heterocycles. The Bertz CT molecular complexity index is 704. The van der Waals surface area contributed by atoms with Crippen LogP contribution in [0.1, 0.15) is 56.4 Å². The van der Waals surface area contributed by atoms with Crippen LogP contribution in [0.5, 0.6) is 0 Å². The Balaban J connectivity index is 1.51. The largest absolute Gasteiger partial charge is 0.372 e. The molecule has 1 N–H and O–H groups in total. The van der Waals surface area contributed by atoms with Crippen molar-refractivity contribution in [2.45, 2.75) is 45.1 Å². The highest BCUT2D eigenvalue weighted by Gasteiger charge is 2.27. The van der Waals surface area contributed by atoms with Gasteiger partial charge in [0.2, 0.25) is 0 Å². The molecule has 1 aliphatic rings. The number of rotatable bonds is 9. The first-order chi connectivity index (χ1) is 13.2. The fourth-order valence-corrected chi connectivity index (χ4v) is 4.60. The van der Waals surface area contributed by atoms with Crippen molar-refractivity contribution in [3.05, 3.63) is 45.9 Å². The zero-order valence-corrected chi connectivity index (χ0v) is 17.9. The van der Waals surface area contributed by atoms with Crippen molar-refractivity contribution in [2.75, 3.05) is 38.1 Å². The first-order valence-corrected chi connectivity index (χ1v) is 11.2. The third-order valence-electron chi connectivity index (χ3n) is 5.28. The molecule has 1 aromatic heterocycles. The van der Waals surface area contributed by atoms with Crippen LogP contribution in [0.25, 0.3) is 0 Å². The standard InChI is InChI=1S/C21H30ClN3OS/c1-3-25(4-2)11-6-10-23-21-24-19(15-27-21)20-14-17(9-12-26-20)16-7-5-8-18(22)13-16/h5,7-8,13,15,17,20H,3-4,6,9-12,14H2,1-2H3,(H,23,24). The van der Waals surface area contributed by atoms with Gasteiger partial charge < -0.3 is 15.0 Å². The second-order valence-corrected chi connectivity index (χ2v) is 8.32. The Morgan fingerprint density at radius 3 is 2.96 bits per heavy atom. The minimum absolute atomic E-state index is 0.0743. The third kappa shape index (κ3) is 5.92. The van der Waals surface area contributed by atoms with Crippen LogP contribution < -0.4 is 5.32 Å². The van der Waals surface area contributed by atoms with Gasteiger partial charge in [0.05, 0.1) is 5.69 Å². The van der Waals surface area contributed by atoms with Gasteiger partial charge in [-0.25, -0.2) is 4.98 Å². The van der Waals surface area contributed by atoms with E-state index >= 15 is 0 Å². The SMILES string of the molecule is CCN(CC)CCCNc1nc(C2CC(c3cccc(Cl)c3)CCO2)cs1. The van der Waals surface area contributed by atoms with Gasteiger partial charge in [0.1, 0.15) is 6.10 Å². The molecule has 4 nitrogen and oxygen atoms in total. The number of ether oxygens (including phenoxy) is 1. The summed E-state index contributed by atoms with van der Waals surface area (Å²) in [5.41, 5.74) is 2.36. The predicted octanol–water partition coefficient (Wildman–Crippen LogP) is 5.58. The number of benzene rings is 1. The van der Waals surface area contributed by atoms with Crippen molar-refractivity contribution in [2.24, 2.45) is 0 Å². The fourth-order valence-electron chi connectivity index (χ4n) is 3.62. The molecule has 2 heterocycles. The van der Waals surface area contributed by atoms with Crippen molar-refractivity contribution < 1.29 is 4.74 Å². The van der Waals surface area contributed by atoms with Crippen LogP contribution in [-0.2, 0) is 4.74 Å². The number of aromatic nitrogens is 1. The maximum Gasteiger partial charge on any atom is 0.182 e. The van der Waals surface area contributed by atoms with Crippen LogP contribution >= 0.6 is 22.9 Å². The first kappa shape index (κ1) is 20.6. The number of nitrogens with one attached hydrogen (secondary N) is 1. The lowest BCUT2D eigenvalue weighted by Crippen LogP contribution is -2.25. The summed E-state index contributed by atoms with van der Waals surface area (Å²) in [6.45, 7) is 9.52. The third-order valence-corrected chi connectivity index (χ3v) is 6.33. The van der Waals surface area contributed by atoms with E-state index in [0.717, 1.165) is 67.9 Å². The number of hydrogen-bond acceptors (Lipinski definition) is 5. The maximum atomic E-state index is 6.17. The average Bonchev–Trinajstić information content (AvgIpc) is 3.17. The Labute approximate surface area is 171 Å². The van der Waals surface area contributed by atoms with Gasteiger partial charge in [0, 0.05) is 23.6 Å². The molecule has 0 saturated carbocycles. The summed E-state index contributed by atoms with van der Waals surface area (Å²) < 4.78 is 6.02. The Morgan fingerprint density at radius 1 is 1.33 bits per heavy atom. The lowest BCUT2D eigenvalue weighted by atomic mass is 9.88. The smallest absolute Gasteiger partial charge is 0.182 e. The lowest BCUT2D eigenvalue weighted by molar-refractivity contribution is 0.00313. The van der Waals surface area contributed by atoms with E-state index in [9.17, 15) is 0 Å². The van der Waals surface area contributed by atoms with E-state index in [1.807, 2.05) is 12.1 Å². The van der Waals surface area contributed by atoms with Crippen LogP contribution in [0, 0.1) is 0 Å². The van der Waals surface area contributed by atoms with Crippen LogP contribution in [0.2, 0.25) is 5.02 Å². The van der Waals surface area contributed by atoms with Gasteiger partial charge in [-0.15, -0.1) is 11.3 Å². The normalized spacial score (nSPS) is 20.1. The molecular weight excluding hydrogens is 378 g/mol. The van der Waals surface area contributed by atoms with E-state index < -0.39 is 0 Å². The number of nitrogens with zero attached hydrogens (tertiary/aromatic N) is 2. The van der Waals surface area contributed by atoms with E-state index in [1.165, 1.54) is 5.56 Å². The highest BCUT2D eigenvalue weighted by atomic mass is 35.5. The van der Waals surface area contributed by atoms with Crippen molar-refractivity contribution in [3.8, 4) is 0 Å². The molecule has 1 fully saturated rings. The maximum absolute atomic E-state index is 6.17. The summed E-state index contributed by atoms with van der Waals surface area (Å²) in [4.78, 5) is 7.22. The molecule has 2 atom stereocenters. The average molecular weight is 408 g/mol. The second kappa shape index (κ2) is 10.4. The molecule has 0 radical (unpaired) electrons. The molecule has 2 aromatic rings.